The summed E-state index contributed by atoms with van der Waals surface area (Å²) in [7, 11) is 1.34. The molecule has 0 aliphatic carbocycles. The van der Waals surface area contributed by atoms with Gasteiger partial charge in [-0.25, -0.2) is 0 Å². The van der Waals surface area contributed by atoms with Crippen molar-refractivity contribution in [3.05, 3.63) is 76.5 Å². The zero-order valence-corrected chi connectivity index (χ0v) is 18.5. The summed E-state index contributed by atoms with van der Waals surface area (Å²) in [5.74, 6) is -0.880. The lowest BCUT2D eigenvalue weighted by Crippen LogP contribution is -2.28. The highest BCUT2D eigenvalue weighted by Crippen LogP contribution is 2.30. The van der Waals surface area contributed by atoms with Gasteiger partial charge in [-0.05, 0) is 53.1 Å². The van der Waals surface area contributed by atoms with E-state index in [1.165, 1.54) is 42.7 Å². The first kappa shape index (κ1) is 24.3. The maximum atomic E-state index is 12.9. The first-order valence-electron chi connectivity index (χ1n) is 10.1. The summed E-state index contributed by atoms with van der Waals surface area (Å²) in [6, 6.07) is 16.3. The third-order valence-corrected chi connectivity index (χ3v) is 5.78. The lowest BCUT2D eigenvalue weighted by Gasteiger charge is -2.18. The van der Waals surface area contributed by atoms with Crippen LogP contribution in [0.3, 0.4) is 0 Å². The van der Waals surface area contributed by atoms with Gasteiger partial charge in [-0.1, -0.05) is 42.5 Å². The molecule has 0 saturated carbocycles. The Hall–Kier alpha value is -3.33. The van der Waals surface area contributed by atoms with Gasteiger partial charge in [-0.15, -0.1) is 24.5 Å². The number of methoxy groups -OCH3 is 1. The highest BCUT2D eigenvalue weighted by molar-refractivity contribution is 7.12. The third-order valence-electron chi connectivity index (χ3n) is 4.85. The molecule has 0 saturated heterocycles. The number of hydrogen-bond acceptors (Lipinski definition) is 5. The van der Waals surface area contributed by atoms with Crippen LogP contribution >= 0.6 is 11.3 Å². The number of hydrogen-bond donors (Lipinski definition) is 1. The van der Waals surface area contributed by atoms with E-state index >= 15 is 0 Å². The molecule has 9 heteroatoms. The van der Waals surface area contributed by atoms with E-state index in [1.54, 1.807) is 11.4 Å². The first-order chi connectivity index (χ1) is 15.7. The standard InChI is InChI=1S/C24H22F3NO4S/c1-31-22(29)9-5-8-20(17-6-3-2-4-7-17)28-23(30)21-14-18(15-33-21)16-10-12-19(13-11-16)32-24(25,26)27/h2-4,6-7,10-15,20H,5,8-9H2,1H3,(H,28,30)/t20-/m1/s1. The molecule has 33 heavy (non-hydrogen) atoms. The highest BCUT2D eigenvalue weighted by atomic mass is 32.1. The van der Waals surface area contributed by atoms with Crippen LogP contribution in [-0.4, -0.2) is 25.3 Å². The van der Waals surface area contributed by atoms with Gasteiger partial charge in [-0.3, -0.25) is 9.59 Å². The number of alkyl halides is 3. The minimum Gasteiger partial charge on any atom is -0.469 e. The second-order valence-electron chi connectivity index (χ2n) is 7.18. The molecular weight excluding hydrogens is 455 g/mol. The Kier molecular flexibility index (Phi) is 8.11. The molecule has 1 N–H and O–H groups in total. The topological polar surface area (TPSA) is 64.6 Å². The van der Waals surface area contributed by atoms with Gasteiger partial charge in [0.1, 0.15) is 5.75 Å². The molecule has 1 heterocycles. The predicted octanol–water partition coefficient (Wildman–Crippen LogP) is 6.13. The minimum atomic E-state index is -4.75. The van der Waals surface area contributed by atoms with E-state index in [2.05, 4.69) is 14.8 Å². The molecule has 5 nitrogen and oxygen atoms in total. The summed E-state index contributed by atoms with van der Waals surface area (Å²) >= 11 is 1.24. The van der Waals surface area contributed by atoms with Crippen molar-refractivity contribution in [1.82, 2.24) is 5.32 Å². The molecule has 0 radical (unpaired) electrons. The molecule has 0 fully saturated rings. The van der Waals surface area contributed by atoms with E-state index in [9.17, 15) is 22.8 Å². The monoisotopic (exact) mass is 477 g/mol. The Labute approximate surface area is 193 Å². The number of halogens is 3. The molecule has 0 bridgehead atoms. The van der Waals surface area contributed by atoms with Crippen LogP contribution < -0.4 is 10.1 Å². The molecule has 3 aromatic rings. The largest absolute Gasteiger partial charge is 0.573 e. The average Bonchev–Trinajstić information content (AvgIpc) is 3.28. The Morgan fingerprint density at radius 1 is 1.03 bits per heavy atom. The van der Waals surface area contributed by atoms with E-state index in [0.29, 0.717) is 28.8 Å². The molecule has 0 unspecified atom stereocenters. The molecule has 3 rings (SSSR count). The molecule has 1 atom stereocenters. The molecular formula is C24H22F3NO4S. The average molecular weight is 478 g/mol. The Balaban J connectivity index is 1.68. The van der Waals surface area contributed by atoms with Crippen LogP contribution in [-0.2, 0) is 9.53 Å². The molecule has 0 spiro atoms. The molecule has 174 valence electrons. The van der Waals surface area contributed by atoms with Crippen molar-refractivity contribution < 1.29 is 32.2 Å². The van der Waals surface area contributed by atoms with Crippen LogP contribution in [0.4, 0.5) is 13.2 Å². The van der Waals surface area contributed by atoms with Crippen molar-refractivity contribution in [3.8, 4) is 16.9 Å². The molecule has 0 aliphatic heterocycles. The van der Waals surface area contributed by atoms with Gasteiger partial charge in [0.05, 0.1) is 18.0 Å². The molecule has 1 aromatic heterocycles. The fourth-order valence-corrected chi connectivity index (χ4v) is 4.06. The second-order valence-corrected chi connectivity index (χ2v) is 8.09. The SMILES string of the molecule is COC(=O)CCC[C@@H](NC(=O)c1cc(-c2ccc(OC(F)(F)F)cc2)cs1)c1ccccc1. The Morgan fingerprint density at radius 2 is 1.73 bits per heavy atom. The van der Waals surface area contributed by atoms with Gasteiger partial charge in [0.2, 0.25) is 0 Å². The summed E-state index contributed by atoms with van der Waals surface area (Å²) in [5.41, 5.74) is 2.30. The number of rotatable bonds is 9. The number of esters is 1. The second kappa shape index (κ2) is 11.0. The number of nitrogens with one attached hydrogen (secondary N) is 1. The van der Waals surface area contributed by atoms with Crippen LogP contribution in [0.15, 0.2) is 66.0 Å². The number of amides is 1. The fraction of sp³-hybridized carbons (Fsp3) is 0.250. The normalized spacial score (nSPS) is 12.1. The summed E-state index contributed by atoms with van der Waals surface area (Å²) < 4.78 is 45.6. The number of thiophene rings is 1. The number of carbonyl (C=O) groups excluding carboxylic acids is 2. The quantitative estimate of drug-likeness (QED) is 0.377. The van der Waals surface area contributed by atoms with Crippen molar-refractivity contribution in [2.45, 2.75) is 31.7 Å². The zero-order chi connectivity index (χ0) is 23.8. The van der Waals surface area contributed by atoms with Gasteiger partial charge in [0.15, 0.2) is 0 Å². The highest BCUT2D eigenvalue weighted by Gasteiger charge is 2.31. The van der Waals surface area contributed by atoms with Gasteiger partial charge in [0.25, 0.3) is 5.91 Å². The van der Waals surface area contributed by atoms with E-state index in [4.69, 9.17) is 0 Å². The maximum absolute atomic E-state index is 12.9. The lowest BCUT2D eigenvalue weighted by atomic mass is 10.0. The molecule has 2 aromatic carbocycles. The van der Waals surface area contributed by atoms with Gasteiger partial charge < -0.3 is 14.8 Å². The van der Waals surface area contributed by atoms with E-state index in [1.807, 2.05) is 30.3 Å². The first-order valence-corrected chi connectivity index (χ1v) is 11.0. The summed E-state index contributed by atoms with van der Waals surface area (Å²) in [6.45, 7) is 0. The maximum Gasteiger partial charge on any atom is 0.573 e. The van der Waals surface area contributed by atoms with Gasteiger partial charge in [-0.2, -0.15) is 0 Å². The van der Waals surface area contributed by atoms with Crippen LogP contribution in [0, 0.1) is 0 Å². The lowest BCUT2D eigenvalue weighted by molar-refractivity contribution is -0.274. The minimum absolute atomic E-state index is 0.257. The van der Waals surface area contributed by atoms with Crippen LogP contribution in [0.1, 0.15) is 40.5 Å². The van der Waals surface area contributed by atoms with Crippen molar-refractivity contribution in [1.29, 1.82) is 0 Å². The van der Waals surface area contributed by atoms with Crippen molar-refractivity contribution in [2.75, 3.05) is 7.11 Å². The van der Waals surface area contributed by atoms with Crippen molar-refractivity contribution >= 4 is 23.2 Å². The van der Waals surface area contributed by atoms with Gasteiger partial charge in [0, 0.05) is 6.42 Å². The van der Waals surface area contributed by atoms with E-state index < -0.39 is 6.36 Å². The molecule has 1 amide bonds. The summed E-state index contributed by atoms with van der Waals surface area (Å²) in [6.07, 6.45) is -3.38. The number of carbonyl (C=O) groups is 2. The summed E-state index contributed by atoms with van der Waals surface area (Å²) in [4.78, 5) is 24.8. The predicted molar refractivity (Wildman–Crippen MR) is 119 cm³/mol. The van der Waals surface area contributed by atoms with Crippen molar-refractivity contribution in [2.24, 2.45) is 0 Å². The van der Waals surface area contributed by atoms with E-state index in [-0.39, 0.29) is 30.1 Å². The van der Waals surface area contributed by atoms with Crippen LogP contribution in [0.2, 0.25) is 0 Å². The van der Waals surface area contributed by atoms with Crippen LogP contribution in [0.5, 0.6) is 5.75 Å². The van der Waals surface area contributed by atoms with E-state index in [0.717, 1.165) is 5.56 Å². The Bertz CT molecular complexity index is 1070. The summed E-state index contributed by atoms with van der Waals surface area (Å²) in [5, 5.41) is 4.78. The third kappa shape index (κ3) is 7.35. The number of benzene rings is 2. The smallest absolute Gasteiger partial charge is 0.469 e. The Morgan fingerprint density at radius 3 is 2.36 bits per heavy atom. The van der Waals surface area contributed by atoms with Crippen molar-refractivity contribution in [3.63, 3.8) is 0 Å². The molecule has 0 aliphatic rings. The fourth-order valence-electron chi connectivity index (χ4n) is 3.25. The zero-order valence-electron chi connectivity index (χ0n) is 17.7. The van der Waals surface area contributed by atoms with Crippen LogP contribution in [0.25, 0.3) is 11.1 Å². The van der Waals surface area contributed by atoms with Gasteiger partial charge >= 0.3 is 12.3 Å². The number of ether oxygens (including phenoxy) is 2.